The number of aryl methyl sites for hydroxylation is 4. The summed E-state index contributed by atoms with van der Waals surface area (Å²) in [6.07, 6.45) is 8.25. The molecule has 0 atom stereocenters. The highest BCUT2D eigenvalue weighted by Gasteiger charge is 2.17. The van der Waals surface area contributed by atoms with E-state index in [0.29, 0.717) is 0 Å². The van der Waals surface area contributed by atoms with Gasteiger partial charge in [-0.05, 0) is 57.0 Å². The van der Waals surface area contributed by atoms with Gasteiger partial charge >= 0.3 is 0 Å². The van der Waals surface area contributed by atoms with E-state index in [2.05, 4.69) is 70.9 Å². The van der Waals surface area contributed by atoms with Crippen molar-refractivity contribution in [3.63, 3.8) is 0 Å². The number of anilines is 1. The van der Waals surface area contributed by atoms with Crippen LogP contribution in [0.1, 0.15) is 42.2 Å². The first kappa shape index (κ1) is 20.1. The van der Waals surface area contributed by atoms with Crippen LogP contribution in [0.4, 0.5) is 5.69 Å². The molecular formula is C25H29N5. The van der Waals surface area contributed by atoms with Crippen molar-refractivity contribution in [3.05, 3.63) is 70.9 Å². The van der Waals surface area contributed by atoms with Crippen molar-refractivity contribution < 1.29 is 0 Å². The summed E-state index contributed by atoms with van der Waals surface area (Å²) in [5.41, 5.74) is 8.70. The van der Waals surface area contributed by atoms with Gasteiger partial charge in [-0.2, -0.15) is 0 Å². The summed E-state index contributed by atoms with van der Waals surface area (Å²) in [5.74, 6) is 0. The molecule has 5 heterocycles. The van der Waals surface area contributed by atoms with Crippen molar-refractivity contribution in [2.24, 2.45) is 0 Å². The molecule has 5 rings (SSSR count). The minimum atomic E-state index is 0.825. The lowest BCUT2D eigenvalue weighted by molar-refractivity contribution is 0.882. The number of rotatable bonds is 3. The SMILES string of the molecule is CC.Cc1ccc2ccc(CCc3nc4c5c(ccn4c3C)N(C)CC=C5)nc2n1. The molecule has 0 radical (unpaired) electrons. The molecule has 1 aliphatic rings. The van der Waals surface area contributed by atoms with Crippen LogP contribution in [-0.2, 0) is 12.8 Å². The smallest absolute Gasteiger partial charge is 0.159 e. The van der Waals surface area contributed by atoms with Gasteiger partial charge in [0, 0.05) is 53.5 Å². The number of hydrogen-bond acceptors (Lipinski definition) is 4. The number of pyridine rings is 3. The minimum absolute atomic E-state index is 0.825. The molecule has 0 unspecified atom stereocenters. The summed E-state index contributed by atoms with van der Waals surface area (Å²) in [7, 11) is 2.12. The third-order valence-electron chi connectivity index (χ3n) is 5.59. The second-order valence-corrected chi connectivity index (χ2v) is 7.54. The highest BCUT2D eigenvalue weighted by atomic mass is 15.1. The summed E-state index contributed by atoms with van der Waals surface area (Å²) >= 11 is 0. The zero-order chi connectivity index (χ0) is 21.3. The molecule has 30 heavy (non-hydrogen) atoms. The van der Waals surface area contributed by atoms with Gasteiger partial charge in [0.15, 0.2) is 5.65 Å². The molecule has 154 valence electrons. The minimum Gasteiger partial charge on any atom is -0.370 e. The Kier molecular flexibility index (Phi) is 5.53. The van der Waals surface area contributed by atoms with Gasteiger partial charge < -0.3 is 9.30 Å². The largest absolute Gasteiger partial charge is 0.370 e. The van der Waals surface area contributed by atoms with Crippen molar-refractivity contribution in [2.45, 2.75) is 40.5 Å². The number of nitrogens with zero attached hydrogens (tertiary/aromatic N) is 5. The van der Waals surface area contributed by atoms with Gasteiger partial charge in [0.1, 0.15) is 5.65 Å². The summed E-state index contributed by atoms with van der Waals surface area (Å²) < 4.78 is 2.20. The molecule has 5 nitrogen and oxygen atoms in total. The standard InChI is InChI=1S/C23H23N5.C2H6/c1-15-6-7-17-8-9-18(25-22(17)24-15)10-11-20-16(2)28-14-12-21-19(23(28)26-20)5-4-13-27(21)3;1-2/h4-9,12,14H,10-11,13H2,1-3H3;1-2H3. The Hall–Kier alpha value is -3.21. The predicted octanol–water partition coefficient (Wildman–Crippen LogP) is 5.17. The van der Waals surface area contributed by atoms with Crippen molar-refractivity contribution >= 4 is 28.4 Å². The van der Waals surface area contributed by atoms with Crippen LogP contribution in [0.5, 0.6) is 0 Å². The number of imidazole rings is 1. The lowest BCUT2D eigenvalue weighted by Crippen LogP contribution is -2.20. The third-order valence-corrected chi connectivity index (χ3v) is 5.59. The molecule has 0 bridgehead atoms. The van der Waals surface area contributed by atoms with E-state index < -0.39 is 0 Å². The second kappa shape index (κ2) is 8.27. The highest BCUT2D eigenvalue weighted by Crippen LogP contribution is 2.29. The van der Waals surface area contributed by atoms with Gasteiger partial charge in [-0.1, -0.05) is 26.0 Å². The molecule has 0 aliphatic carbocycles. The quantitative estimate of drug-likeness (QED) is 0.477. The average molecular weight is 400 g/mol. The molecule has 4 aromatic rings. The first-order valence-corrected chi connectivity index (χ1v) is 10.7. The molecule has 4 aromatic heterocycles. The Balaban J connectivity index is 0.00000106. The van der Waals surface area contributed by atoms with E-state index in [0.717, 1.165) is 53.1 Å². The van der Waals surface area contributed by atoms with Crippen LogP contribution in [0.3, 0.4) is 0 Å². The van der Waals surface area contributed by atoms with Crippen molar-refractivity contribution in [1.29, 1.82) is 0 Å². The number of likely N-dealkylation sites (N-methyl/N-ethyl adjacent to an activating group) is 1. The normalized spacial score (nSPS) is 12.8. The Morgan fingerprint density at radius 1 is 0.933 bits per heavy atom. The van der Waals surface area contributed by atoms with Gasteiger partial charge in [-0.3, -0.25) is 0 Å². The molecule has 0 spiro atoms. The number of hydrogen-bond donors (Lipinski definition) is 0. The van der Waals surface area contributed by atoms with Crippen LogP contribution in [0.15, 0.2) is 42.6 Å². The van der Waals surface area contributed by atoms with Crippen LogP contribution < -0.4 is 4.90 Å². The molecule has 0 saturated carbocycles. The first-order valence-electron chi connectivity index (χ1n) is 10.7. The van der Waals surface area contributed by atoms with E-state index in [1.54, 1.807) is 0 Å². The number of fused-ring (bicyclic) bond motifs is 4. The van der Waals surface area contributed by atoms with E-state index in [4.69, 9.17) is 9.97 Å². The molecule has 0 saturated heterocycles. The van der Waals surface area contributed by atoms with E-state index in [1.165, 1.54) is 16.9 Å². The molecule has 0 fully saturated rings. The lowest BCUT2D eigenvalue weighted by atomic mass is 10.1. The van der Waals surface area contributed by atoms with Gasteiger partial charge in [0.25, 0.3) is 0 Å². The number of aromatic nitrogens is 4. The van der Waals surface area contributed by atoms with Crippen LogP contribution in [0.2, 0.25) is 0 Å². The Morgan fingerprint density at radius 2 is 1.73 bits per heavy atom. The van der Waals surface area contributed by atoms with E-state index >= 15 is 0 Å². The zero-order valence-corrected chi connectivity index (χ0v) is 18.5. The maximum absolute atomic E-state index is 4.99. The van der Waals surface area contributed by atoms with E-state index in [-0.39, 0.29) is 0 Å². The topological polar surface area (TPSA) is 46.3 Å². The van der Waals surface area contributed by atoms with Gasteiger partial charge in [-0.25, -0.2) is 15.0 Å². The zero-order valence-electron chi connectivity index (χ0n) is 18.5. The molecule has 0 amide bonds. The summed E-state index contributed by atoms with van der Waals surface area (Å²) in [4.78, 5) is 16.6. The second-order valence-electron chi connectivity index (χ2n) is 7.54. The van der Waals surface area contributed by atoms with Gasteiger partial charge in [-0.15, -0.1) is 0 Å². The molecular weight excluding hydrogens is 370 g/mol. The van der Waals surface area contributed by atoms with Crippen molar-refractivity contribution in [3.8, 4) is 0 Å². The predicted molar refractivity (Wildman–Crippen MR) is 125 cm³/mol. The highest BCUT2D eigenvalue weighted by molar-refractivity contribution is 5.81. The fourth-order valence-electron chi connectivity index (χ4n) is 3.96. The van der Waals surface area contributed by atoms with Crippen LogP contribution in [-0.4, -0.2) is 32.9 Å². The monoisotopic (exact) mass is 399 g/mol. The maximum atomic E-state index is 4.99. The van der Waals surface area contributed by atoms with Gasteiger partial charge in [0.05, 0.1) is 5.69 Å². The van der Waals surface area contributed by atoms with Crippen molar-refractivity contribution in [2.75, 3.05) is 18.5 Å². The molecule has 1 aliphatic heterocycles. The maximum Gasteiger partial charge on any atom is 0.159 e. The Morgan fingerprint density at radius 3 is 2.57 bits per heavy atom. The Bertz CT molecular complexity index is 1240. The lowest BCUT2D eigenvalue weighted by Gasteiger charge is -2.23. The third kappa shape index (κ3) is 3.56. The van der Waals surface area contributed by atoms with Gasteiger partial charge in [0.2, 0.25) is 0 Å². The fraction of sp³-hybridized carbons (Fsp3) is 0.320. The first-order chi connectivity index (χ1) is 14.6. The summed E-state index contributed by atoms with van der Waals surface area (Å²) in [5, 5.41) is 1.08. The van der Waals surface area contributed by atoms with E-state index in [1.807, 2.05) is 26.8 Å². The van der Waals surface area contributed by atoms with E-state index in [9.17, 15) is 0 Å². The van der Waals surface area contributed by atoms with Crippen LogP contribution >= 0.6 is 0 Å². The Labute approximate surface area is 178 Å². The average Bonchev–Trinajstić information content (AvgIpc) is 3.10. The summed E-state index contributed by atoms with van der Waals surface area (Å²) in [6.45, 7) is 9.09. The fourth-order valence-corrected chi connectivity index (χ4v) is 3.96. The molecule has 5 heteroatoms. The van der Waals surface area contributed by atoms with Crippen molar-refractivity contribution in [1.82, 2.24) is 19.4 Å². The van der Waals surface area contributed by atoms with Crippen LogP contribution in [0, 0.1) is 13.8 Å². The molecule has 0 aromatic carbocycles. The van der Waals surface area contributed by atoms with Crippen LogP contribution in [0.25, 0.3) is 22.8 Å². The summed E-state index contributed by atoms with van der Waals surface area (Å²) in [6, 6.07) is 10.5. The molecule has 0 N–H and O–H groups in total.